The molecule has 0 bridgehead atoms. The summed E-state index contributed by atoms with van der Waals surface area (Å²) >= 11 is 0. The van der Waals surface area contributed by atoms with Gasteiger partial charge in [-0.25, -0.2) is 4.79 Å². The fraction of sp³-hybridized carbons (Fsp3) is 0.517. The van der Waals surface area contributed by atoms with Crippen molar-refractivity contribution < 1.29 is 28.7 Å². The molecule has 2 fully saturated rings. The van der Waals surface area contributed by atoms with Gasteiger partial charge in [0.05, 0.1) is 23.4 Å². The van der Waals surface area contributed by atoms with E-state index in [1.54, 1.807) is 29.3 Å². The van der Waals surface area contributed by atoms with E-state index in [-0.39, 0.29) is 36.1 Å². The van der Waals surface area contributed by atoms with Crippen LogP contribution in [-0.2, 0) is 20.9 Å². The zero-order chi connectivity index (χ0) is 29.7. The second-order valence-corrected chi connectivity index (χ2v) is 12.4. The average Bonchev–Trinajstić information content (AvgIpc) is 3.45. The van der Waals surface area contributed by atoms with Gasteiger partial charge in [0.15, 0.2) is 0 Å². The lowest BCUT2D eigenvalue weighted by molar-refractivity contribution is -0.136. The highest BCUT2D eigenvalue weighted by atomic mass is 16.6. The van der Waals surface area contributed by atoms with Crippen LogP contribution < -0.4 is 10.6 Å². The maximum Gasteiger partial charge on any atom is 0.410 e. The Morgan fingerprint density at radius 1 is 1.15 bits per heavy atom. The zero-order valence-corrected chi connectivity index (χ0v) is 24.0. The molecule has 12 heteroatoms. The van der Waals surface area contributed by atoms with Gasteiger partial charge in [-0.05, 0) is 66.0 Å². The summed E-state index contributed by atoms with van der Waals surface area (Å²) in [6, 6.07) is 4.05. The van der Waals surface area contributed by atoms with Crippen molar-refractivity contribution in [2.45, 2.75) is 90.1 Å². The van der Waals surface area contributed by atoms with E-state index >= 15 is 0 Å². The van der Waals surface area contributed by atoms with E-state index in [1.807, 2.05) is 45.5 Å². The molecule has 4 heterocycles. The highest BCUT2D eigenvalue weighted by Gasteiger charge is 2.45. The number of nitrogens with zero attached hydrogens (tertiary/aromatic N) is 4. The predicted molar refractivity (Wildman–Crippen MR) is 148 cm³/mol. The molecule has 0 spiro atoms. The van der Waals surface area contributed by atoms with Gasteiger partial charge < -0.3 is 15.0 Å². The van der Waals surface area contributed by atoms with E-state index in [4.69, 9.17) is 4.74 Å². The topological polar surface area (TPSA) is 143 Å². The van der Waals surface area contributed by atoms with Crippen LogP contribution in [0, 0.1) is 0 Å². The maximum atomic E-state index is 13.3. The third kappa shape index (κ3) is 5.55. The number of fused-ring (bicyclic) bond motifs is 1. The Labute approximate surface area is 238 Å². The Kier molecular flexibility index (Phi) is 7.12. The first kappa shape index (κ1) is 28.3. The normalized spacial score (nSPS) is 22.5. The van der Waals surface area contributed by atoms with E-state index in [0.717, 1.165) is 16.9 Å². The van der Waals surface area contributed by atoms with Gasteiger partial charge in [-0.3, -0.25) is 34.1 Å². The first-order valence-corrected chi connectivity index (χ1v) is 13.9. The fourth-order valence-electron chi connectivity index (χ4n) is 5.78. The Bertz CT molecular complexity index is 1420. The minimum atomic E-state index is -1.02. The third-order valence-electron chi connectivity index (χ3n) is 7.75. The standard InChI is InChI=1S/C29H36N6O6/c1-28(2,3)41-27(40)33-12-11-18(13-29(33,4)5)34-16-17(15-31-34)14-30-20-8-6-7-19-23(20)26(39)35(25(19)38)21-9-10-22(36)32-24(21)37/h6-8,15-16,18,21,30H,9-14H2,1-5H3,(H,32,36,37)/t18?,21-/m1/s1. The molecule has 0 aliphatic carbocycles. The number of anilines is 1. The van der Waals surface area contributed by atoms with E-state index in [9.17, 15) is 24.0 Å². The van der Waals surface area contributed by atoms with Gasteiger partial charge >= 0.3 is 6.09 Å². The van der Waals surface area contributed by atoms with Crippen molar-refractivity contribution in [3.8, 4) is 0 Å². The lowest BCUT2D eigenvalue weighted by Gasteiger charge is -2.45. The molecule has 2 atom stereocenters. The first-order valence-electron chi connectivity index (χ1n) is 13.9. The van der Waals surface area contributed by atoms with Crippen molar-refractivity contribution in [3.05, 3.63) is 47.3 Å². The van der Waals surface area contributed by atoms with Crippen LogP contribution in [0.1, 0.15) is 92.6 Å². The molecular weight excluding hydrogens is 528 g/mol. The SMILES string of the molecule is CC(C)(C)OC(=O)N1CCC(n2cc(CNc3cccc4c3C(=O)N([C@@H]3CCC(=O)NC3=O)C4=O)cn2)CC1(C)C. The van der Waals surface area contributed by atoms with Gasteiger partial charge in [-0.1, -0.05) is 6.07 Å². The van der Waals surface area contributed by atoms with Gasteiger partial charge in [0.2, 0.25) is 11.8 Å². The molecule has 5 rings (SSSR count). The number of imide groups is 2. The molecule has 5 amide bonds. The summed E-state index contributed by atoms with van der Waals surface area (Å²) in [5, 5.41) is 10.0. The first-order chi connectivity index (χ1) is 19.2. The Balaban J connectivity index is 1.25. The maximum absolute atomic E-state index is 13.3. The third-order valence-corrected chi connectivity index (χ3v) is 7.75. The van der Waals surface area contributed by atoms with Crippen LogP contribution in [0.25, 0.3) is 0 Å². The number of hydrogen-bond acceptors (Lipinski definition) is 8. The average molecular weight is 565 g/mol. The predicted octanol–water partition coefficient (Wildman–Crippen LogP) is 3.25. The summed E-state index contributed by atoms with van der Waals surface area (Å²) in [6.07, 6.45) is 5.00. The van der Waals surface area contributed by atoms with Crippen LogP contribution in [-0.4, -0.2) is 73.0 Å². The van der Waals surface area contributed by atoms with Crippen LogP contribution in [0.4, 0.5) is 10.5 Å². The number of hydrogen-bond donors (Lipinski definition) is 2. The number of benzene rings is 1. The summed E-state index contributed by atoms with van der Waals surface area (Å²) in [6.45, 7) is 10.5. The molecule has 1 aromatic heterocycles. The second-order valence-electron chi connectivity index (χ2n) is 12.4. The van der Waals surface area contributed by atoms with E-state index < -0.39 is 40.8 Å². The van der Waals surface area contributed by atoms with E-state index in [0.29, 0.717) is 25.2 Å². The fourth-order valence-corrected chi connectivity index (χ4v) is 5.78. The summed E-state index contributed by atoms with van der Waals surface area (Å²) in [5.74, 6) is -2.16. The highest BCUT2D eigenvalue weighted by Crippen LogP contribution is 2.36. The monoisotopic (exact) mass is 564 g/mol. The molecule has 2 saturated heterocycles. The molecule has 0 saturated carbocycles. The number of carbonyl (C=O) groups is 5. The number of rotatable bonds is 5. The number of piperidine rings is 2. The van der Waals surface area contributed by atoms with Gasteiger partial charge in [-0.15, -0.1) is 0 Å². The van der Waals surface area contributed by atoms with Crippen molar-refractivity contribution in [2.75, 3.05) is 11.9 Å². The lowest BCUT2D eigenvalue weighted by atomic mass is 9.87. The van der Waals surface area contributed by atoms with Crippen LogP contribution in [0.15, 0.2) is 30.6 Å². The van der Waals surface area contributed by atoms with Crippen LogP contribution >= 0.6 is 0 Å². The number of amides is 5. The van der Waals surface area contributed by atoms with E-state index in [1.165, 1.54) is 0 Å². The zero-order valence-electron chi connectivity index (χ0n) is 24.0. The summed E-state index contributed by atoms with van der Waals surface area (Å²) < 4.78 is 7.52. The molecule has 0 radical (unpaired) electrons. The summed E-state index contributed by atoms with van der Waals surface area (Å²) in [7, 11) is 0. The second kappa shape index (κ2) is 10.3. The van der Waals surface area contributed by atoms with Crippen LogP contribution in [0.2, 0.25) is 0 Å². The molecule has 41 heavy (non-hydrogen) atoms. The van der Waals surface area contributed by atoms with Crippen molar-refractivity contribution in [1.82, 2.24) is 24.9 Å². The van der Waals surface area contributed by atoms with Gasteiger partial charge in [-0.2, -0.15) is 5.10 Å². The number of carbonyl (C=O) groups excluding carboxylic acids is 5. The minimum absolute atomic E-state index is 0.0656. The summed E-state index contributed by atoms with van der Waals surface area (Å²) in [4.78, 5) is 65.9. The van der Waals surface area contributed by atoms with Crippen molar-refractivity contribution in [3.63, 3.8) is 0 Å². The largest absolute Gasteiger partial charge is 0.444 e. The number of aromatic nitrogens is 2. The quantitative estimate of drug-likeness (QED) is 0.527. The molecule has 3 aliphatic heterocycles. The highest BCUT2D eigenvalue weighted by molar-refractivity contribution is 6.25. The van der Waals surface area contributed by atoms with Crippen molar-refractivity contribution in [2.24, 2.45) is 0 Å². The number of nitrogens with one attached hydrogen (secondary N) is 2. The lowest BCUT2D eigenvalue weighted by Crippen LogP contribution is -2.54. The van der Waals surface area contributed by atoms with Crippen LogP contribution in [0.3, 0.4) is 0 Å². The van der Waals surface area contributed by atoms with Crippen molar-refractivity contribution >= 4 is 35.4 Å². The molecule has 1 aromatic carbocycles. The molecule has 12 nitrogen and oxygen atoms in total. The molecule has 218 valence electrons. The smallest absolute Gasteiger partial charge is 0.410 e. The number of ether oxygens (including phenoxy) is 1. The Morgan fingerprint density at radius 3 is 2.59 bits per heavy atom. The Morgan fingerprint density at radius 2 is 1.90 bits per heavy atom. The minimum Gasteiger partial charge on any atom is -0.444 e. The molecule has 1 unspecified atom stereocenters. The molecule has 3 aliphatic rings. The van der Waals surface area contributed by atoms with Gasteiger partial charge in [0, 0.05) is 42.5 Å². The molecule has 2 N–H and O–H groups in total. The van der Waals surface area contributed by atoms with Gasteiger partial charge in [0.25, 0.3) is 11.8 Å². The van der Waals surface area contributed by atoms with Gasteiger partial charge in [0.1, 0.15) is 11.6 Å². The van der Waals surface area contributed by atoms with Crippen LogP contribution in [0.5, 0.6) is 0 Å². The van der Waals surface area contributed by atoms with Crippen molar-refractivity contribution in [1.29, 1.82) is 0 Å². The number of likely N-dealkylation sites (tertiary alicyclic amines) is 1. The molecular formula is C29H36N6O6. The summed E-state index contributed by atoms with van der Waals surface area (Å²) in [5.41, 5.74) is 0.823. The van der Waals surface area contributed by atoms with E-state index in [2.05, 4.69) is 15.7 Å². The molecule has 2 aromatic rings. The Hall–Kier alpha value is -4.22.